The molecule has 1 aliphatic rings. The summed E-state index contributed by atoms with van der Waals surface area (Å²) in [7, 11) is 0. The minimum Gasteiger partial charge on any atom is -0.296 e. The van der Waals surface area contributed by atoms with Gasteiger partial charge in [0.2, 0.25) is 0 Å². The summed E-state index contributed by atoms with van der Waals surface area (Å²) >= 11 is 0. The number of hydrogen-bond acceptors (Lipinski definition) is 2. The van der Waals surface area contributed by atoms with E-state index in [1.165, 1.54) is 6.07 Å². The summed E-state index contributed by atoms with van der Waals surface area (Å²) in [4.78, 5) is 5.50. The van der Waals surface area contributed by atoms with Gasteiger partial charge in [-0.25, -0.2) is 4.39 Å². The van der Waals surface area contributed by atoms with E-state index in [9.17, 15) is 4.39 Å². The molecule has 0 atom stereocenters. The van der Waals surface area contributed by atoms with Gasteiger partial charge in [0.05, 0.1) is 5.60 Å². The summed E-state index contributed by atoms with van der Waals surface area (Å²) in [6.45, 7) is 6.02. The molecule has 3 heteroatoms. The Labute approximate surface area is 102 Å². The highest BCUT2D eigenvalue weighted by molar-refractivity contribution is 5.24. The highest BCUT2D eigenvalue weighted by atomic mass is 19.1. The van der Waals surface area contributed by atoms with E-state index in [0.29, 0.717) is 12.0 Å². The van der Waals surface area contributed by atoms with Gasteiger partial charge in [-0.15, -0.1) is 0 Å². The molecule has 0 unspecified atom stereocenters. The Morgan fingerprint density at radius 2 is 1.88 bits per heavy atom. The topological polar surface area (TPSA) is 21.3 Å². The molecule has 1 aliphatic carbocycles. The standard InChI is InChI=1S/C14H20FNO/c1-14(2,3)17-16-11-8-10(9-11)12-6-4-5-7-13(12)15/h4-7,10-11,16H,8-9H2,1-3H3. The second-order valence-corrected chi connectivity index (χ2v) is 5.72. The lowest BCUT2D eigenvalue weighted by Gasteiger charge is -2.37. The third-order valence-corrected chi connectivity index (χ3v) is 3.01. The molecule has 2 nitrogen and oxygen atoms in total. The minimum absolute atomic E-state index is 0.0901. The van der Waals surface area contributed by atoms with Crippen LogP contribution >= 0.6 is 0 Å². The van der Waals surface area contributed by atoms with Crippen LogP contribution in [0.2, 0.25) is 0 Å². The molecule has 0 saturated heterocycles. The minimum atomic E-state index is -0.177. The highest BCUT2D eigenvalue weighted by Crippen LogP contribution is 2.38. The Hall–Kier alpha value is -0.930. The fourth-order valence-electron chi connectivity index (χ4n) is 2.03. The monoisotopic (exact) mass is 237 g/mol. The first-order valence-electron chi connectivity index (χ1n) is 6.13. The molecule has 17 heavy (non-hydrogen) atoms. The zero-order valence-electron chi connectivity index (χ0n) is 10.7. The van der Waals surface area contributed by atoms with Crippen molar-refractivity contribution >= 4 is 0 Å². The first kappa shape index (κ1) is 12.5. The molecule has 0 radical (unpaired) electrons. The van der Waals surface area contributed by atoms with Gasteiger partial charge < -0.3 is 0 Å². The van der Waals surface area contributed by atoms with Crippen molar-refractivity contribution in [2.24, 2.45) is 0 Å². The highest BCUT2D eigenvalue weighted by Gasteiger charge is 2.32. The molecule has 0 aromatic heterocycles. The summed E-state index contributed by atoms with van der Waals surface area (Å²) in [5.74, 6) is 0.241. The smallest absolute Gasteiger partial charge is 0.126 e. The van der Waals surface area contributed by atoms with Gasteiger partial charge in [-0.05, 0) is 51.2 Å². The fraction of sp³-hybridized carbons (Fsp3) is 0.571. The van der Waals surface area contributed by atoms with E-state index >= 15 is 0 Å². The Kier molecular flexibility index (Phi) is 3.50. The van der Waals surface area contributed by atoms with Crippen molar-refractivity contribution < 1.29 is 9.23 Å². The molecule has 0 spiro atoms. The molecule has 1 aromatic carbocycles. The lowest BCUT2D eigenvalue weighted by molar-refractivity contribution is -0.101. The molecule has 94 valence electrons. The van der Waals surface area contributed by atoms with Crippen LogP contribution in [0.1, 0.15) is 45.1 Å². The first-order chi connectivity index (χ1) is 7.96. The van der Waals surface area contributed by atoms with E-state index in [-0.39, 0.29) is 11.4 Å². The van der Waals surface area contributed by atoms with Crippen molar-refractivity contribution in [1.82, 2.24) is 5.48 Å². The average molecular weight is 237 g/mol. The molecule has 0 amide bonds. The van der Waals surface area contributed by atoms with Gasteiger partial charge in [-0.2, -0.15) is 5.48 Å². The number of rotatable bonds is 3. The van der Waals surface area contributed by atoms with Gasteiger partial charge in [0, 0.05) is 6.04 Å². The maximum absolute atomic E-state index is 13.5. The summed E-state index contributed by atoms with van der Waals surface area (Å²) in [5, 5.41) is 0. The van der Waals surface area contributed by atoms with Crippen LogP contribution in [0.15, 0.2) is 24.3 Å². The Bertz CT molecular complexity index is 380. The van der Waals surface area contributed by atoms with E-state index in [1.807, 2.05) is 32.9 Å². The van der Waals surface area contributed by atoms with Crippen molar-refractivity contribution in [2.75, 3.05) is 0 Å². The van der Waals surface area contributed by atoms with Gasteiger partial charge in [-0.1, -0.05) is 18.2 Å². The van der Waals surface area contributed by atoms with Crippen molar-refractivity contribution in [2.45, 2.75) is 51.2 Å². The van der Waals surface area contributed by atoms with Crippen LogP contribution < -0.4 is 5.48 Å². The maximum Gasteiger partial charge on any atom is 0.126 e. The third kappa shape index (κ3) is 3.27. The molecule has 2 rings (SSSR count). The fourth-order valence-corrected chi connectivity index (χ4v) is 2.03. The van der Waals surface area contributed by atoms with E-state index < -0.39 is 0 Å². The molecular formula is C14H20FNO. The van der Waals surface area contributed by atoms with Gasteiger partial charge in [0.15, 0.2) is 0 Å². The van der Waals surface area contributed by atoms with Crippen molar-refractivity contribution in [3.8, 4) is 0 Å². The molecule has 1 N–H and O–H groups in total. The number of hydrogen-bond donors (Lipinski definition) is 1. The summed E-state index contributed by atoms with van der Waals surface area (Å²) in [5.41, 5.74) is 3.71. The van der Waals surface area contributed by atoms with Gasteiger partial charge >= 0.3 is 0 Å². The Morgan fingerprint density at radius 3 is 2.47 bits per heavy atom. The molecule has 0 aliphatic heterocycles. The van der Waals surface area contributed by atoms with E-state index in [2.05, 4.69) is 5.48 Å². The molecule has 1 saturated carbocycles. The normalized spacial score (nSPS) is 24.5. The molecule has 1 aromatic rings. The van der Waals surface area contributed by atoms with Crippen LogP contribution in [0.3, 0.4) is 0 Å². The van der Waals surface area contributed by atoms with Gasteiger partial charge in [0.25, 0.3) is 0 Å². The number of halogens is 1. The summed E-state index contributed by atoms with van der Waals surface area (Å²) in [6, 6.07) is 7.38. The van der Waals surface area contributed by atoms with Crippen LogP contribution in [-0.4, -0.2) is 11.6 Å². The largest absolute Gasteiger partial charge is 0.296 e. The van der Waals surface area contributed by atoms with Crippen LogP contribution in [0.4, 0.5) is 4.39 Å². The zero-order chi connectivity index (χ0) is 12.5. The maximum atomic E-state index is 13.5. The molecular weight excluding hydrogens is 217 g/mol. The number of nitrogens with one attached hydrogen (secondary N) is 1. The van der Waals surface area contributed by atoms with E-state index in [4.69, 9.17) is 4.84 Å². The lowest BCUT2D eigenvalue weighted by atomic mass is 9.76. The predicted octanol–water partition coefficient (Wildman–Crippen LogP) is 3.39. The van der Waals surface area contributed by atoms with E-state index in [1.54, 1.807) is 6.07 Å². The van der Waals surface area contributed by atoms with Crippen molar-refractivity contribution in [3.05, 3.63) is 35.6 Å². The Morgan fingerprint density at radius 1 is 1.24 bits per heavy atom. The summed E-state index contributed by atoms with van der Waals surface area (Å²) < 4.78 is 13.5. The van der Waals surface area contributed by atoms with Crippen LogP contribution in [0.5, 0.6) is 0 Å². The SMILES string of the molecule is CC(C)(C)ONC1CC(c2ccccc2F)C1. The number of hydroxylamine groups is 1. The molecule has 0 heterocycles. The second kappa shape index (κ2) is 4.75. The Balaban J connectivity index is 1.81. The van der Waals surface area contributed by atoms with Crippen LogP contribution in [-0.2, 0) is 4.84 Å². The number of benzene rings is 1. The average Bonchev–Trinajstić information content (AvgIpc) is 2.16. The van der Waals surface area contributed by atoms with Crippen molar-refractivity contribution in [3.63, 3.8) is 0 Å². The van der Waals surface area contributed by atoms with Gasteiger partial charge in [-0.3, -0.25) is 4.84 Å². The molecule has 1 fully saturated rings. The first-order valence-corrected chi connectivity index (χ1v) is 6.13. The van der Waals surface area contributed by atoms with Crippen molar-refractivity contribution in [1.29, 1.82) is 0 Å². The predicted molar refractivity (Wildman–Crippen MR) is 66.1 cm³/mol. The quantitative estimate of drug-likeness (QED) is 0.814. The third-order valence-electron chi connectivity index (χ3n) is 3.01. The molecule has 0 bridgehead atoms. The lowest BCUT2D eigenvalue weighted by Crippen LogP contribution is -2.43. The summed E-state index contributed by atoms with van der Waals surface area (Å²) in [6.07, 6.45) is 1.88. The zero-order valence-corrected chi connectivity index (χ0v) is 10.7. The van der Waals surface area contributed by atoms with Crippen LogP contribution in [0.25, 0.3) is 0 Å². The second-order valence-electron chi connectivity index (χ2n) is 5.72. The van der Waals surface area contributed by atoms with E-state index in [0.717, 1.165) is 18.4 Å². The van der Waals surface area contributed by atoms with Crippen LogP contribution in [0, 0.1) is 5.82 Å². The van der Waals surface area contributed by atoms with Gasteiger partial charge in [0.1, 0.15) is 5.82 Å².